The molecule has 8 heteroatoms. The highest BCUT2D eigenvalue weighted by Gasteiger charge is 2.15. The van der Waals surface area contributed by atoms with Gasteiger partial charge < -0.3 is 14.2 Å². The van der Waals surface area contributed by atoms with E-state index in [0.717, 1.165) is 0 Å². The number of halogens is 3. The van der Waals surface area contributed by atoms with Crippen LogP contribution in [0.2, 0.25) is 0 Å². The summed E-state index contributed by atoms with van der Waals surface area (Å²) in [6.07, 6.45) is 2.65. The van der Waals surface area contributed by atoms with Gasteiger partial charge in [-0.2, -0.15) is 14.0 Å². The van der Waals surface area contributed by atoms with Gasteiger partial charge >= 0.3 is 12.6 Å². The molecule has 0 radical (unpaired) electrons. The molecule has 0 amide bonds. The number of nitriles is 1. The van der Waals surface area contributed by atoms with Crippen molar-refractivity contribution in [2.45, 2.75) is 13.5 Å². The first-order valence-corrected chi connectivity index (χ1v) is 8.53. The molecule has 0 unspecified atom stereocenters. The van der Waals surface area contributed by atoms with Crippen molar-refractivity contribution in [3.8, 4) is 23.3 Å². The molecule has 0 aromatic heterocycles. The van der Waals surface area contributed by atoms with Crippen molar-refractivity contribution in [1.82, 2.24) is 0 Å². The van der Waals surface area contributed by atoms with Crippen molar-refractivity contribution >= 4 is 28.0 Å². The topological polar surface area (TPSA) is 68.5 Å². The molecule has 0 aliphatic heterocycles. The van der Waals surface area contributed by atoms with E-state index in [1.54, 1.807) is 6.92 Å². The summed E-state index contributed by atoms with van der Waals surface area (Å²) in [5, 5.41) is 9.01. The maximum Gasteiger partial charge on any atom is 0.387 e. The predicted molar refractivity (Wildman–Crippen MR) is 97.8 cm³/mol. The summed E-state index contributed by atoms with van der Waals surface area (Å²) in [4.78, 5) is 12.1. The van der Waals surface area contributed by atoms with Gasteiger partial charge in [-0.15, -0.1) is 0 Å². The van der Waals surface area contributed by atoms with Gasteiger partial charge in [0.25, 0.3) is 0 Å². The average Bonchev–Trinajstić information content (AvgIpc) is 2.63. The predicted octanol–water partition coefficient (Wildman–Crippen LogP) is 4.94. The molecule has 0 aliphatic carbocycles. The van der Waals surface area contributed by atoms with E-state index in [1.165, 1.54) is 48.6 Å². The summed E-state index contributed by atoms with van der Waals surface area (Å²) >= 11 is 3.25. The Morgan fingerprint density at radius 2 is 2.00 bits per heavy atom. The zero-order valence-electron chi connectivity index (χ0n) is 14.1. The first kappa shape index (κ1) is 20.4. The van der Waals surface area contributed by atoms with Gasteiger partial charge in [0, 0.05) is 12.1 Å². The molecule has 0 aliphatic rings. The Bertz CT molecular complexity index is 877. The largest absolute Gasteiger partial charge is 0.490 e. The highest BCUT2D eigenvalue weighted by molar-refractivity contribution is 9.10. The van der Waals surface area contributed by atoms with Gasteiger partial charge in [-0.25, -0.2) is 4.79 Å². The number of hydrogen-bond donors (Lipinski definition) is 0. The lowest BCUT2D eigenvalue weighted by molar-refractivity contribution is -0.129. The molecular formula is C19H14BrF2NO4. The molecule has 2 aromatic rings. The molecule has 0 fully saturated rings. The first-order chi connectivity index (χ1) is 12.9. The maximum absolute atomic E-state index is 12.1. The van der Waals surface area contributed by atoms with Crippen LogP contribution in [0.5, 0.6) is 17.2 Å². The lowest BCUT2D eigenvalue weighted by Crippen LogP contribution is -2.07. The van der Waals surface area contributed by atoms with Crippen LogP contribution in [0, 0.1) is 11.3 Å². The summed E-state index contributed by atoms with van der Waals surface area (Å²) in [6, 6.07) is 10.7. The van der Waals surface area contributed by atoms with Crippen LogP contribution in [0.25, 0.3) is 6.08 Å². The fourth-order valence-corrected chi connectivity index (χ4v) is 2.58. The second kappa shape index (κ2) is 9.69. The molecule has 0 bridgehead atoms. The van der Waals surface area contributed by atoms with Crippen molar-refractivity contribution in [2.24, 2.45) is 0 Å². The number of hydrogen-bond acceptors (Lipinski definition) is 5. The molecule has 0 atom stereocenters. The van der Waals surface area contributed by atoms with E-state index >= 15 is 0 Å². The number of esters is 1. The fourth-order valence-electron chi connectivity index (χ4n) is 2.05. The number of nitrogens with zero attached hydrogens (tertiary/aromatic N) is 1. The zero-order chi connectivity index (χ0) is 19.8. The Morgan fingerprint density at radius 1 is 1.30 bits per heavy atom. The highest BCUT2D eigenvalue weighted by atomic mass is 79.9. The van der Waals surface area contributed by atoms with E-state index in [0.29, 0.717) is 22.2 Å². The van der Waals surface area contributed by atoms with Gasteiger partial charge in [0.1, 0.15) is 5.75 Å². The van der Waals surface area contributed by atoms with Gasteiger partial charge in [-0.3, -0.25) is 0 Å². The van der Waals surface area contributed by atoms with Crippen LogP contribution in [0.1, 0.15) is 18.1 Å². The summed E-state index contributed by atoms with van der Waals surface area (Å²) < 4.78 is 39.6. The smallest absolute Gasteiger partial charge is 0.387 e. The normalized spacial score (nSPS) is 10.7. The SMILES string of the molecule is CCOc1cc(C#N)cc(Br)c1OC(=O)/C=C/c1ccc(OC(F)F)cc1. The molecule has 27 heavy (non-hydrogen) atoms. The molecule has 5 nitrogen and oxygen atoms in total. The minimum absolute atomic E-state index is 0.0209. The van der Waals surface area contributed by atoms with Crippen LogP contribution >= 0.6 is 15.9 Å². The van der Waals surface area contributed by atoms with E-state index < -0.39 is 12.6 Å². The Morgan fingerprint density at radius 3 is 2.59 bits per heavy atom. The van der Waals surface area contributed by atoms with Gasteiger partial charge in [0.2, 0.25) is 0 Å². The molecule has 140 valence electrons. The molecular weight excluding hydrogens is 424 g/mol. The van der Waals surface area contributed by atoms with Gasteiger partial charge in [0.05, 0.1) is 22.7 Å². The number of alkyl halides is 2. The minimum Gasteiger partial charge on any atom is -0.490 e. The number of rotatable bonds is 7. The Balaban J connectivity index is 2.11. The van der Waals surface area contributed by atoms with E-state index in [1.807, 2.05) is 6.07 Å². The van der Waals surface area contributed by atoms with Gasteiger partial charge in [-0.1, -0.05) is 12.1 Å². The first-order valence-electron chi connectivity index (χ1n) is 7.74. The van der Waals surface area contributed by atoms with Crippen molar-refractivity contribution in [3.63, 3.8) is 0 Å². The third-order valence-corrected chi connectivity index (χ3v) is 3.75. The van der Waals surface area contributed by atoms with Crippen LogP contribution in [0.4, 0.5) is 8.78 Å². The minimum atomic E-state index is -2.90. The molecule has 0 N–H and O–H groups in total. The van der Waals surface area contributed by atoms with E-state index in [4.69, 9.17) is 14.7 Å². The van der Waals surface area contributed by atoms with E-state index in [9.17, 15) is 13.6 Å². The summed E-state index contributed by atoms with van der Waals surface area (Å²) in [5.41, 5.74) is 0.948. The monoisotopic (exact) mass is 437 g/mol. The molecule has 2 aromatic carbocycles. The van der Waals surface area contributed by atoms with Crippen molar-refractivity contribution in [1.29, 1.82) is 5.26 Å². The fraction of sp³-hybridized carbons (Fsp3) is 0.158. The standard InChI is InChI=1S/C19H14BrF2NO4/c1-2-25-16-10-13(11-23)9-15(20)18(16)27-17(24)8-5-12-3-6-14(7-4-12)26-19(21)22/h3-10,19H,2H2,1H3/b8-5+. The highest BCUT2D eigenvalue weighted by Crippen LogP contribution is 2.37. The summed E-state index contributed by atoms with van der Waals surface area (Å²) in [5.74, 6) is -0.230. The van der Waals surface area contributed by atoms with Crippen LogP contribution < -0.4 is 14.2 Å². The van der Waals surface area contributed by atoms with E-state index in [-0.39, 0.29) is 17.2 Å². The van der Waals surface area contributed by atoms with Gasteiger partial charge in [0.15, 0.2) is 11.5 Å². The maximum atomic E-state index is 12.1. The van der Waals surface area contributed by atoms with Gasteiger partial charge in [-0.05, 0) is 52.7 Å². The lowest BCUT2D eigenvalue weighted by atomic mass is 10.2. The Kier molecular flexibility index (Phi) is 7.32. The zero-order valence-corrected chi connectivity index (χ0v) is 15.7. The Labute approximate surface area is 162 Å². The Hall–Kier alpha value is -2.92. The van der Waals surface area contributed by atoms with Crippen molar-refractivity contribution < 1.29 is 27.8 Å². The molecule has 2 rings (SSSR count). The number of benzene rings is 2. The average molecular weight is 438 g/mol. The molecule has 0 saturated heterocycles. The van der Waals surface area contributed by atoms with Crippen molar-refractivity contribution in [3.05, 3.63) is 58.1 Å². The lowest BCUT2D eigenvalue weighted by Gasteiger charge is -2.11. The third kappa shape index (κ3) is 6.08. The second-order valence-corrected chi connectivity index (χ2v) is 5.89. The quantitative estimate of drug-likeness (QED) is 0.348. The van der Waals surface area contributed by atoms with Crippen LogP contribution in [-0.2, 0) is 4.79 Å². The summed E-state index contributed by atoms with van der Waals surface area (Å²) in [7, 11) is 0. The van der Waals surface area contributed by atoms with Crippen LogP contribution in [-0.4, -0.2) is 19.2 Å². The molecule has 0 heterocycles. The van der Waals surface area contributed by atoms with E-state index in [2.05, 4.69) is 20.7 Å². The second-order valence-electron chi connectivity index (χ2n) is 5.03. The third-order valence-electron chi connectivity index (χ3n) is 3.16. The van der Waals surface area contributed by atoms with Crippen LogP contribution in [0.15, 0.2) is 46.9 Å². The number of carbonyl (C=O) groups excluding carboxylic acids is 1. The van der Waals surface area contributed by atoms with Crippen LogP contribution in [0.3, 0.4) is 0 Å². The molecule has 0 spiro atoms. The van der Waals surface area contributed by atoms with Crippen molar-refractivity contribution in [2.75, 3.05) is 6.61 Å². The number of ether oxygens (including phenoxy) is 3. The number of carbonyl (C=O) groups is 1. The molecule has 0 saturated carbocycles. The summed E-state index contributed by atoms with van der Waals surface area (Å²) in [6.45, 7) is -0.805.